The number of carboxylic acid groups (broad SMARTS) is 1. The van der Waals surface area contributed by atoms with Crippen molar-refractivity contribution in [2.75, 3.05) is 6.54 Å². The standard InChI is InChI=1S/C16H22N4O3/c1-9(2)5-12(16(22)23)8-18-15(21)11-6-13-10(3)19-20(4)14(13)17-7-11/h6-7,9,12H,5,8H2,1-4H3,(H,18,21)(H,22,23). The van der Waals surface area contributed by atoms with Crippen LogP contribution in [0.1, 0.15) is 36.3 Å². The first-order valence-corrected chi connectivity index (χ1v) is 7.60. The number of hydrogen-bond donors (Lipinski definition) is 2. The van der Waals surface area contributed by atoms with E-state index in [1.165, 1.54) is 6.20 Å². The fourth-order valence-corrected chi connectivity index (χ4v) is 2.59. The molecule has 7 nitrogen and oxygen atoms in total. The van der Waals surface area contributed by atoms with Crippen molar-refractivity contribution >= 4 is 22.9 Å². The molecule has 2 rings (SSSR count). The van der Waals surface area contributed by atoms with Crippen molar-refractivity contribution in [1.82, 2.24) is 20.1 Å². The number of carboxylic acids is 1. The topological polar surface area (TPSA) is 97.1 Å². The van der Waals surface area contributed by atoms with Gasteiger partial charge in [-0.25, -0.2) is 4.98 Å². The average Bonchev–Trinajstić information content (AvgIpc) is 2.77. The van der Waals surface area contributed by atoms with E-state index in [9.17, 15) is 14.7 Å². The van der Waals surface area contributed by atoms with Gasteiger partial charge in [0.25, 0.3) is 5.91 Å². The Kier molecular flexibility index (Phi) is 4.98. The van der Waals surface area contributed by atoms with Gasteiger partial charge in [0.05, 0.1) is 17.2 Å². The molecule has 0 aliphatic heterocycles. The maximum Gasteiger partial charge on any atom is 0.308 e. The summed E-state index contributed by atoms with van der Waals surface area (Å²) in [6.07, 6.45) is 2.01. The lowest BCUT2D eigenvalue weighted by molar-refractivity contribution is -0.142. The van der Waals surface area contributed by atoms with Gasteiger partial charge in [0.2, 0.25) is 0 Å². The number of carbonyl (C=O) groups is 2. The summed E-state index contributed by atoms with van der Waals surface area (Å²) in [5.41, 5.74) is 1.91. The SMILES string of the molecule is Cc1nn(C)c2ncc(C(=O)NCC(CC(C)C)C(=O)O)cc12. The molecule has 0 saturated carbocycles. The third-order valence-electron chi connectivity index (χ3n) is 3.74. The molecule has 0 aliphatic rings. The average molecular weight is 318 g/mol. The number of aliphatic carboxylic acids is 1. The lowest BCUT2D eigenvalue weighted by Gasteiger charge is -2.15. The molecule has 2 aromatic heterocycles. The summed E-state index contributed by atoms with van der Waals surface area (Å²) in [4.78, 5) is 27.7. The zero-order valence-electron chi connectivity index (χ0n) is 13.8. The second kappa shape index (κ2) is 6.76. The summed E-state index contributed by atoms with van der Waals surface area (Å²) in [5, 5.41) is 17.0. The number of pyridine rings is 1. The minimum Gasteiger partial charge on any atom is -0.481 e. The maximum absolute atomic E-state index is 12.2. The van der Waals surface area contributed by atoms with E-state index in [0.29, 0.717) is 17.6 Å². The largest absolute Gasteiger partial charge is 0.481 e. The lowest BCUT2D eigenvalue weighted by Crippen LogP contribution is -2.33. The summed E-state index contributed by atoms with van der Waals surface area (Å²) in [6, 6.07) is 1.73. The van der Waals surface area contributed by atoms with Gasteiger partial charge in [-0.2, -0.15) is 5.10 Å². The van der Waals surface area contributed by atoms with Crippen molar-refractivity contribution in [2.45, 2.75) is 27.2 Å². The molecule has 23 heavy (non-hydrogen) atoms. The molecular formula is C16H22N4O3. The van der Waals surface area contributed by atoms with Gasteiger partial charge >= 0.3 is 5.97 Å². The van der Waals surface area contributed by atoms with Gasteiger partial charge in [-0.05, 0) is 25.3 Å². The number of amides is 1. The number of aryl methyl sites for hydroxylation is 2. The van der Waals surface area contributed by atoms with Crippen molar-refractivity contribution in [3.8, 4) is 0 Å². The molecule has 1 unspecified atom stereocenters. The molecule has 7 heteroatoms. The molecule has 0 radical (unpaired) electrons. The molecule has 1 amide bonds. The Labute approximate surface area is 134 Å². The Bertz CT molecular complexity index is 736. The molecule has 0 saturated heterocycles. The molecule has 0 fully saturated rings. The van der Waals surface area contributed by atoms with Gasteiger partial charge in [0.15, 0.2) is 5.65 Å². The Morgan fingerprint density at radius 1 is 1.39 bits per heavy atom. The Hall–Kier alpha value is -2.44. The molecule has 0 spiro atoms. The van der Waals surface area contributed by atoms with E-state index >= 15 is 0 Å². The maximum atomic E-state index is 12.2. The second-order valence-corrected chi connectivity index (χ2v) is 6.18. The van der Waals surface area contributed by atoms with Crippen LogP contribution in [0.3, 0.4) is 0 Å². The summed E-state index contributed by atoms with van der Waals surface area (Å²) in [6.45, 7) is 5.88. The minimum atomic E-state index is -0.893. The minimum absolute atomic E-state index is 0.108. The van der Waals surface area contributed by atoms with Crippen LogP contribution < -0.4 is 5.32 Å². The van der Waals surface area contributed by atoms with E-state index in [0.717, 1.165) is 11.1 Å². The highest BCUT2D eigenvalue weighted by atomic mass is 16.4. The monoisotopic (exact) mass is 318 g/mol. The van der Waals surface area contributed by atoms with Crippen LogP contribution in [0.2, 0.25) is 0 Å². The van der Waals surface area contributed by atoms with Crippen LogP contribution in [0.25, 0.3) is 11.0 Å². The van der Waals surface area contributed by atoms with Gasteiger partial charge in [0.1, 0.15) is 0 Å². The Balaban J connectivity index is 2.11. The molecule has 2 aromatic rings. The Morgan fingerprint density at radius 2 is 2.09 bits per heavy atom. The molecule has 0 bridgehead atoms. The van der Waals surface area contributed by atoms with Crippen molar-refractivity contribution in [2.24, 2.45) is 18.9 Å². The second-order valence-electron chi connectivity index (χ2n) is 6.18. The third kappa shape index (κ3) is 3.85. The van der Waals surface area contributed by atoms with Crippen molar-refractivity contribution in [1.29, 1.82) is 0 Å². The van der Waals surface area contributed by atoms with Crippen LogP contribution in [0.5, 0.6) is 0 Å². The van der Waals surface area contributed by atoms with Crippen LogP contribution in [0, 0.1) is 18.8 Å². The molecule has 124 valence electrons. The summed E-state index contributed by atoms with van der Waals surface area (Å²) < 4.78 is 1.66. The predicted molar refractivity (Wildman–Crippen MR) is 86.2 cm³/mol. The van der Waals surface area contributed by atoms with Gasteiger partial charge in [0, 0.05) is 25.2 Å². The van der Waals surface area contributed by atoms with Gasteiger partial charge in [-0.3, -0.25) is 14.3 Å². The highest BCUT2D eigenvalue weighted by Gasteiger charge is 2.20. The number of hydrogen-bond acceptors (Lipinski definition) is 4. The summed E-state index contributed by atoms with van der Waals surface area (Å²) >= 11 is 0. The molecular weight excluding hydrogens is 296 g/mol. The van der Waals surface area contributed by atoms with Crippen LogP contribution in [0.4, 0.5) is 0 Å². The molecule has 2 N–H and O–H groups in total. The smallest absolute Gasteiger partial charge is 0.308 e. The van der Waals surface area contributed by atoms with E-state index in [-0.39, 0.29) is 18.4 Å². The van der Waals surface area contributed by atoms with Crippen LogP contribution >= 0.6 is 0 Å². The van der Waals surface area contributed by atoms with Crippen LogP contribution in [-0.4, -0.2) is 38.3 Å². The fraction of sp³-hybridized carbons (Fsp3) is 0.500. The van der Waals surface area contributed by atoms with Crippen molar-refractivity contribution < 1.29 is 14.7 Å². The first-order chi connectivity index (χ1) is 10.8. The molecule has 2 heterocycles. The molecule has 0 aromatic carbocycles. The van der Waals surface area contributed by atoms with E-state index in [1.54, 1.807) is 17.8 Å². The molecule has 1 atom stereocenters. The summed E-state index contributed by atoms with van der Waals surface area (Å²) in [5.74, 6) is -1.55. The van der Waals surface area contributed by atoms with Crippen molar-refractivity contribution in [3.05, 3.63) is 23.5 Å². The van der Waals surface area contributed by atoms with Gasteiger partial charge < -0.3 is 10.4 Å². The van der Waals surface area contributed by atoms with Crippen molar-refractivity contribution in [3.63, 3.8) is 0 Å². The van der Waals surface area contributed by atoms with E-state index < -0.39 is 11.9 Å². The lowest BCUT2D eigenvalue weighted by atomic mass is 9.97. The third-order valence-corrected chi connectivity index (χ3v) is 3.74. The number of carbonyl (C=O) groups excluding carboxylic acids is 1. The zero-order valence-corrected chi connectivity index (χ0v) is 13.8. The van der Waals surface area contributed by atoms with Crippen LogP contribution in [0.15, 0.2) is 12.3 Å². The van der Waals surface area contributed by atoms with E-state index in [1.807, 2.05) is 20.8 Å². The number of nitrogens with one attached hydrogen (secondary N) is 1. The highest BCUT2D eigenvalue weighted by Crippen LogP contribution is 2.17. The number of aromatic nitrogens is 3. The number of fused-ring (bicyclic) bond motifs is 1. The number of rotatable bonds is 6. The highest BCUT2D eigenvalue weighted by molar-refractivity contribution is 5.97. The normalized spacial score (nSPS) is 12.6. The van der Waals surface area contributed by atoms with Gasteiger partial charge in [-0.1, -0.05) is 13.8 Å². The zero-order chi connectivity index (χ0) is 17.1. The first-order valence-electron chi connectivity index (χ1n) is 7.60. The first kappa shape index (κ1) is 16.9. The summed E-state index contributed by atoms with van der Waals surface area (Å²) in [7, 11) is 1.80. The molecule has 0 aliphatic carbocycles. The van der Waals surface area contributed by atoms with E-state index in [4.69, 9.17) is 0 Å². The van der Waals surface area contributed by atoms with Crippen LogP contribution in [-0.2, 0) is 11.8 Å². The van der Waals surface area contributed by atoms with E-state index in [2.05, 4.69) is 15.4 Å². The predicted octanol–water partition coefficient (Wildman–Crippen LogP) is 1.75. The number of nitrogens with zero attached hydrogens (tertiary/aromatic N) is 3. The fourth-order valence-electron chi connectivity index (χ4n) is 2.59. The quantitative estimate of drug-likeness (QED) is 0.846. The van der Waals surface area contributed by atoms with Gasteiger partial charge in [-0.15, -0.1) is 0 Å². The Morgan fingerprint density at radius 3 is 2.70 bits per heavy atom.